The summed E-state index contributed by atoms with van der Waals surface area (Å²) in [4.78, 5) is 15.6. The summed E-state index contributed by atoms with van der Waals surface area (Å²) >= 11 is 0. The van der Waals surface area contributed by atoms with Gasteiger partial charge in [-0.3, -0.25) is 0 Å². The monoisotopic (exact) mass is 683 g/mol. The molecule has 0 N–H and O–H groups in total. The first-order chi connectivity index (χ1) is 25.5. The van der Waals surface area contributed by atoms with Gasteiger partial charge in [-0.25, -0.2) is 15.0 Å². The number of benzene rings is 7. The summed E-state index contributed by atoms with van der Waals surface area (Å²) in [5.41, 5.74) is 11.7. The van der Waals surface area contributed by atoms with E-state index < -0.39 is 8.07 Å². The van der Waals surface area contributed by atoms with Gasteiger partial charge in [-0.1, -0.05) is 147 Å². The third-order valence-electron chi connectivity index (χ3n) is 10.6. The summed E-state index contributed by atoms with van der Waals surface area (Å²) in [7, 11) is -1.98. The number of hydrogen-bond donors (Lipinski definition) is 0. The quantitative estimate of drug-likeness (QED) is 0.169. The highest BCUT2D eigenvalue weighted by Crippen LogP contribution is 2.39. The maximum atomic E-state index is 6.45. The van der Waals surface area contributed by atoms with Crippen molar-refractivity contribution in [2.24, 2.45) is 0 Å². The third-order valence-corrected chi connectivity index (χ3v) is 14.1. The van der Waals surface area contributed by atoms with Gasteiger partial charge in [0.1, 0.15) is 19.2 Å². The summed E-state index contributed by atoms with van der Waals surface area (Å²) in [5, 5.41) is 5.02. The smallest absolute Gasteiger partial charge is 0.164 e. The van der Waals surface area contributed by atoms with Crippen molar-refractivity contribution in [3.8, 4) is 67.5 Å². The predicted octanol–water partition coefficient (Wildman–Crippen LogP) is 10.9. The van der Waals surface area contributed by atoms with Crippen molar-refractivity contribution in [2.75, 3.05) is 0 Å². The number of hydrogen-bond acceptors (Lipinski definition) is 4. The van der Waals surface area contributed by atoms with Gasteiger partial charge in [-0.05, 0) is 74.1 Å². The molecule has 0 bridgehead atoms. The van der Waals surface area contributed by atoms with Crippen molar-refractivity contribution in [1.29, 1.82) is 0 Å². The summed E-state index contributed by atoms with van der Waals surface area (Å²) < 4.78 is 6.45. The van der Waals surface area contributed by atoms with Crippen molar-refractivity contribution < 1.29 is 4.42 Å². The second-order valence-electron chi connectivity index (χ2n) is 14.0. The van der Waals surface area contributed by atoms with Gasteiger partial charge in [0, 0.05) is 27.5 Å². The molecule has 0 saturated heterocycles. The first-order valence-corrected chi connectivity index (χ1v) is 20.7. The number of furan rings is 1. The van der Waals surface area contributed by atoms with Gasteiger partial charge in [0.2, 0.25) is 0 Å². The molecule has 7 aromatic carbocycles. The summed E-state index contributed by atoms with van der Waals surface area (Å²) in [6, 6.07) is 57.6. The van der Waals surface area contributed by atoms with Crippen LogP contribution in [-0.4, -0.2) is 23.0 Å². The molecule has 0 aliphatic carbocycles. The van der Waals surface area contributed by atoms with Crippen LogP contribution in [0.3, 0.4) is 0 Å². The fourth-order valence-electron chi connectivity index (χ4n) is 7.86. The lowest BCUT2D eigenvalue weighted by Gasteiger charge is -2.21. The van der Waals surface area contributed by atoms with Crippen molar-refractivity contribution in [2.45, 2.75) is 13.1 Å². The van der Waals surface area contributed by atoms with Crippen LogP contribution in [0.15, 0.2) is 168 Å². The van der Waals surface area contributed by atoms with Gasteiger partial charge in [-0.15, -0.1) is 0 Å². The Labute approximate surface area is 303 Å². The average Bonchev–Trinajstić information content (AvgIpc) is 3.68. The molecule has 0 spiro atoms. The maximum Gasteiger partial charge on any atom is 0.164 e. The van der Waals surface area contributed by atoms with Crippen molar-refractivity contribution >= 4 is 40.4 Å². The van der Waals surface area contributed by atoms with E-state index in [1.54, 1.807) is 0 Å². The lowest BCUT2D eigenvalue weighted by molar-refractivity contribution is 0.669. The molecule has 246 valence electrons. The van der Waals surface area contributed by atoms with Gasteiger partial charge in [-0.2, -0.15) is 0 Å². The van der Waals surface area contributed by atoms with Crippen molar-refractivity contribution in [3.05, 3.63) is 164 Å². The van der Waals surface area contributed by atoms with Crippen LogP contribution in [-0.2, 0) is 0 Å². The van der Waals surface area contributed by atoms with Crippen LogP contribution in [0.4, 0.5) is 0 Å². The second kappa shape index (κ2) is 11.8. The van der Waals surface area contributed by atoms with Crippen LogP contribution >= 0.6 is 0 Å². The Hall–Kier alpha value is -6.43. The zero-order chi connectivity index (χ0) is 34.8. The van der Waals surface area contributed by atoms with E-state index in [1.165, 1.54) is 27.1 Å². The number of fused-ring (bicyclic) bond motifs is 6. The minimum atomic E-state index is -1.98. The fourth-order valence-corrected chi connectivity index (χ4v) is 10.9. The molecule has 4 nitrogen and oxygen atoms in total. The van der Waals surface area contributed by atoms with E-state index in [9.17, 15) is 0 Å². The largest absolute Gasteiger partial charge is 0.456 e. The second-order valence-corrected chi connectivity index (χ2v) is 18.4. The van der Waals surface area contributed by atoms with Crippen molar-refractivity contribution in [3.63, 3.8) is 0 Å². The van der Waals surface area contributed by atoms with E-state index in [2.05, 4.69) is 153 Å². The molecule has 2 aromatic heterocycles. The Morgan fingerprint density at radius 1 is 0.365 bits per heavy atom. The molecule has 0 unspecified atom stereocenters. The Kier molecular flexibility index (Phi) is 6.91. The molecule has 0 atom stereocenters. The molecule has 9 aromatic rings. The highest BCUT2D eigenvalue weighted by atomic mass is 28.3. The predicted molar refractivity (Wildman–Crippen MR) is 216 cm³/mol. The fraction of sp³-hybridized carbons (Fsp3) is 0.0426. The highest BCUT2D eigenvalue weighted by Gasteiger charge is 2.38. The van der Waals surface area contributed by atoms with Crippen LogP contribution in [0.25, 0.3) is 89.5 Å². The third kappa shape index (κ3) is 4.93. The van der Waals surface area contributed by atoms with Gasteiger partial charge in [0.15, 0.2) is 17.5 Å². The number of nitrogens with zero attached hydrogens (tertiary/aromatic N) is 3. The van der Waals surface area contributed by atoms with E-state index in [0.29, 0.717) is 17.5 Å². The maximum absolute atomic E-state index is 6.45. The molecule has 0 fully saturated rings. The van der Waals surface area contributed by atoms with Gasteiger partial charge >= 0.3 is 0 Å². The van der Waals surface area contributed by atoms with E-state index in [1.807, 2.05) is 24.3 Å². The van der Waals surface area contributed by atoms with E-state index >= 15 is 0 Å². The Morgan fingerprint density at radius 2 is 0.981 bits per heavy atom. The van der Waals surface area contributed by atoms with E-state index in [-0.39, 0.29) is 0 Å². The Bertz CT molecular complexity index is 2810. The molecule has 5 heteroatoms. The minimum absolute atomic E-state index is 0.607. The van der Waals surface area contributed by atoms with Crippen LogP contribution in [0.2, 0.25) is 13.1 Å². The van der Waals surface area contributed by atoms with Gasteiger partial charge in [0.25, 0.3) is 0 Å². The van der Waals surface area contributed by atoms with E-state index in [4.69, 9.17) is 19.4 Å². The van der Waals surface area contributed by atoms with Crippen LogP contribution in [0, 0.1) is 0 Å². The normalized spacial score (nSPS) is 13.0. The highest BCUT2D eigenvalue weighted by molar-refractivity contribution is 7.03. The summed E-state index contributed by atoms with van der Waals surface area (Å²) in [5.74, 6) is 1.90. The van der Waals surface area contributed by atoms with E-state index in [0.717, 1.165) is 55.3 Å². The molecule has 0 amide bonds. The molecule has 52 heavy (non-hydrogen) atoms. The topological polar surface area (TPSA) is 51.8 Å². The lowest BCUT2D eigenvalue weighted by Crippen LogP contribution is -2.49. The molecule has 1 aliphatic heterocycles. The standard InChI is InChI=1S/C47H33N3OSi/c1-52(2)43-21-13-12-20-36(43)39-28-37(31-16-8-4-9-17-31)40(29-44(39)52)47-49-45(32-18-10-5-11-19-32)48-46(50-47)34-22-24-35-38-26-33(30-14-6-3-7-15-30)23-25-41(38)51-42(35)27-34/h3-29H,1-2H3. The first kappa shape index (κ1) is 30.4. The van der Waals surface area contributed by atoms with Crippen LogP contribution in [0.1, 0.15) is 0 Å². The van der Waals surface area contributed by atoms with Gasteiger partial charge < -0.3 is 4.42 Å². The average molecular weight is 684 g/mol. The SMILES string of the molecule is C[Si]1(C)c2ccccc2-c2cc(-c3ccccc3)c(-c3nc(-c4ccccc4)nc(-c4ccc5c(c4)oc4ccc(-c6ccccc6)cc45)n3)cc21. The first-order valence-electron chi connectivity index (χ1n) is 17.7. The molecule has 1 aliphatic rings. The van der Waals surface area contributed by atoms with Crippen LogP contribution < -0.4 is 10.4 Å². The zero-order valence-corrected chi connectivity index (χ0v) is 29.8. The van der Waals surface area contributed by atoms with Crippen molar-refractivity contribution in [1.82, 2.24) is 15.0 Å². The summed E-state index contributed by atoms with van der Waals surface area (Å²) in [6.45, 7) is 4.90. The number of rotatable bonds is 5. The zero-order valence-electron chi connectivity index (χ0n) is 28.8. The number of aromatic nitrogens is 3. The minimum Gasteiger partial charge on any atom is -0.456 e. The van der Waals surface area contributed by atoms with Gasteiger partial charge in [0.05, 0.1) is 0 Å². The molecule has 0 saturated carbocycles. The molecular weight excluding hydrogens is 651 g/mol. The summed E-state index contributed by atoms with van der Waals surface area (Å²) in [6.07, 6.45) is 0. The lowest BCUT2D eigenvalue weighted by atomic mass is 9.94. The molecular formula is C47H33N3OSi. The molecule has 10 rings (SSSR count). The Morgan fingerprint density at radius 3 is 1.73 bits per heavy atom. The molecule has 0 radical (unpaired) electrons. The molecule has 3 heterocycles. The Balaban J connectivity index is 1.18. The van der Waals surface area contributed by atoms with Crippen LogP contribution in [0.5, 0.6) is 0 Å².